The van der Waals surface area contributed by atoms with Crippen LogP contribution in [0.1, 0.15) is 22.2 Å². The molecular formula is C28H21NO7. The van der Waals surface area contributed by atoms with Crippen molar-refractivity contribution >= 4 is 28.3 Å². The van der Waals surface area contributed by atoms with Gasteiger partial charge in [-0.05, 0) is 42.0 Å². The number of furan rings is 1. The summed E-state index contributed by atoms with van der Waals surface area (Å²) in [4.78, 5) is 28.5. The Kier molecular flexibility index (Phi) is 5.14. The second-order valence-electron chi connectivity index (χ2n) is 8.42. The minimum absolute atomic E-state index is 0.0353. The summed E-state index contributed by atoms with van der Waals surface area (Å²) in [5.74, 6) is -0.202. The Hall–Kier alpha value is -4.72. The minimum Gasteiger partial charge on any atom is -0.503 e. The van der Waals surface area contributed by atoms with Gasteiger partial charge in [-0.1, -0.05) is 30.3 Å². The molecule has 0 saturated carbocycles. The van der Waals surface area contributed by atoms with E-state index >= 15 is 0 Å². The maximum absolute atomic E-state index is 13.7. The first kappa shape index (κ1) is 21.8. The fourth-order valence-electron chi connectivity index (χ4n) is 4.61. The van der Waals surface area contributed by atoms with Crippen molar-refractivity contribution in [1.82, 2.24) is 0 Å². The van der Waals surface area contributed by atoms with E-state index in [0.717, 1.165) is 5.39 Å². The fourth-order valence-corrected chi connectivity index (χ4v) is 4.61. The Bertz CT molecular complexity index is 1500. The van der Waals surface area contributed by atoms with E-state index in [0.29, 0.717) is 47.3 Å². The largest absolute Gasteiger partial charge is 0.503 e. The van der Waals surface area contributed by atoms with Gasteiger partial charge in [0.1, 0.15) is 24.5 Å². The molecule has 1 N–H and O–H groups in total. The molecular weight excluding hydrogens is 462 g/mol. The number of benzene rings is 3. The molecule has 8 nitrogen and oxygen atoms in total. The molecule has 180 valence electrons. The van der Waals surface area contributed by atoms with E-state index in [1.54, 1.807) is 67.8 Å². The average molecular weight is 483 g/mol. The lowest BCUT2D eigenvalue weighted by Crippen LogP contribution is -2.31. The van der Waals surface area contributed by atoms with Crippen molar-refractivity contribution in [3.8, 4) is 17.2 Å². The van der Waals surface area contributed by atoms with Crippen LogP contribution in [0.4, 0.5) is 5.69 Å². The summed E-state index contributed by atoms with van der Waals surface area (Å²) in [7, 11) is 1.55. The van der Waals surface area contributed by atoms with Crippen LogP contribution >= 0.6 is 0 Å². The third-order valence-electron chi connectivity index (χ3n) is 6.34. The van der Waals surface area contributed by atoms with E-state index < -0.39 is 23.5 Å². The number of fused-ring (bicyclic) bond motifs is 2. The fraction of sp³-hybridized carbons (Fsp3) is 0.143. The van der Waals surface area contributed by atoms with Crippen molar-refractivity contribution < 1.29 is 33.3 Å². The average Bonchev–Trinajstić information content (AvgIpc) is 3.47. The number of Topliss-reactive ketones (excluding diaryl/α,β-unsaturated/α-hetero) is 1. The predicted molar refractivity (Wildman–Crippen MR) is 131 cm³/mol. The van der Waals surface area contributed by atoms with Gasteiger partial charge in [0.2, 0.25) is 5.78 Å². The molecule has 0 spiro atoms. The summed E-state index contributed by atoms with van der Waals surface area (Å²) in [6, 6.07) is 20.0. The summed E-state index contributed by atoms with van der Waals surface area (Å²) >= 11 is 0. The second kappa shape index (κ2) is 8.49. The van der Waals surface area contributed by atoms with E-state index in [-0.39, 0.29) is 11.3 Å². The van der Waals surface area contributed by atoms with Crippen LogP contribution in [-0.4, -0.2) is 37.1 Å². The third kappa shape index (κ3) is 3.46. The normalized spacial score (nSPS) is 17.1. The Morgan fingerprint density at radius 1 is 0.972 bits per heavy atom. The molecule has 0 fully saturated rings. The predicted octanol–water partition coefficient (Wildman–Crippen LogP) is 5.00. The number of rotatable bonds is 5. The molecule has 3 heterocycles. The maximum atomic E-state index is 13.7. The molecule has 4 aromatic rings. The minimum atomic E-state index is -0.910. The molecule has 1 unspecified atom stereocenters. The van der Waals surface area contributed by atoms with Gasteiger partial charge in [-0.25, -0.2) is 0 Å². The molecule has 0 aliphatic carbocycles. The zero-order chi connectivity index (χ0) is 24.8. The van der Waals surface area contributed by atoms with E-state index in [1.165, 1.54) is 4.90 Å². The molecule has 2 aliphatic rings. The van der Waals surface area contributed by atoms with Gasteiger partial charge in [0.25, 0.3) is 5.91 Å². The number of hydrogen-bond donors (Lipinski definition) is 1. The van der Waals surface area contributed by atoms with Gasteiger partial charge in [0.05, 0.1) is 18.7 Å². The lowest BCUT2D eigenvalue weighted by atomic mass is 9.94. The molecule has 0 saturated heterocycles. The van der Waals surface area contributed by atoms with Gasteiger partial charge in [-0.3, -0.25) is 14.5 Å². The van der Waals surface area contributed by atoms with Crippen LogP contribution in [0.2, 0.25) is 0 Å². The van der Waals surface area contributed by atoms with Gasteiger partial charge in [0.15, 0.2) is 23.0 Å². The number of para-hydroxylation sites is 1. The zero-order valence-electron chi connectivity index (χ0n) is 19.3. The number of carbonyl (C=O) groups is 2. The molecule has 6 rings (SSSR count). The van der Waals surface area contributed by atoms with E-state index in [1.807, 2.05) is 12.1 Å². The number of aliphatic hydroxyl groups is 1. The van der Waals surface area contributed by atoms with Gasteiger partial charge in [-0.2, -0.15) is 0 Å². The Morgan fingerprint density at radius 2 is 1.72 bits per heavy atom. The number of ketones is 1. The van der Waals surface area contributed by atoms with E-state index in [4.69, 9.17) is 18.6 Å². The summed E-state index contributed by atoms with van der Waals surface area (Å²) in [5.41, 5.74) is 1.53. The molecule has 0 radical (unpaired) electrons. The van der Waals surface area contributed by atoms with Gasteiger partial charge in [0, 0.05) is 17.1 Å². The maximum Gasteiger partial charge on any atom is 0.294 e. The van der Waals surface area contributed by atoms with Crippen molar-refractivity contribution in [1.29, 1.82) is 0 Å². The highest BCUT2D eigenvalue weighted by Gasteiger charge is 2.45. The lowest BCUT2D eigenvalue weighted by Gasteiger charge is -2.28. The number of anilines is 1. The highest BCUT2D eigenvalue weighted by Crippen LogP contribution is 2.45. The standard InChI is InChI=1S/C28H21NO7/c1-33-19-9-6-16(7-10-19)25-24(26(30)23-14-17-4-2-3-5-20(17)36-23)27(31)28(32)29(25)18-8-11-21-22(15-18)35-13-12-34-21/h2-11,14-15,25,31H,12-13H2,1H3. The topological polar surface area (TPSA) is 98.4 Å². The van der Waals surface area contributed by atoms with Crippen LogP contribution < -0.4 is 19.1 Å². The molecule has 36 heavy (non-hydrogen) atoms. The SMILES string of the molecule is COc1ccc(C2C(C(=O)c3cc4ccccc4o3)=C(O)C(=O)N2c2ccc3c(c2)OCCO3)cc1. The van der Waals surface area contributed by atoms with Crippen molar-refractivity contribution in [3.05, 3.63) is 95.5 Å². The van der Waals surface area contributed by atoms with Crippen LogP contribution in [0.5, 0.6) is 17.2 Å². The van der Waals surface area contributed by atoms with Crippen molar-refractivity contribution in [2.75, 3.05) is 25.2 Å². The summed E-state index contributed by atoms with van der Waals surface area (Å²) in [5, 5.41) is 11.8. The Balaban J connectivity index is 1.48. The third-order valence-corrected chi connectivity index (χ3v) is 6.34. The van der Waals surface area contributed by atoms with Crippen LogP contribution in [0.15, 0.2) is 88.5 Å². The van der Waals surface area contributed by atoms with Gasteiger partial charge < -0.3 is 23.7 Å². The molecule has 8 heteroatoms. The molecule has 0 bridgehead atoms. The Labute approximate surface area is 205 Å². The number of aliphatic hydroxyl groups excluding tert-OH is 1. The van der Waals surface area contributed by atoms with E-state index in [9.17, 15) is 14.7 Å². The zero-order valence-corrected chi connectivity index (χ0v) is 19.3. The van der Waals surface area contributed by atoms with Crippen LogP contribution in [0.25, 0.3) is 11.0 Å². The van der Waals surface area contributed by atoms with Gasteiger partial charge in [-0.15, -0.1) is 0 Å². The summed E-state index contributed by atoms with van der Waals surface area (Å²) in [6.45, 7) is 0.813. The molecule has 1 amide bonds. The van der Waals surface area contributed by atoms with Crippen LogP contribution in [0.3, 0.4) is 0 Å². The number of hydrogen-bond acceptors (Lipinski definition) is 7. The number of ether oxygens (including phenoxy) is 3. The van der Waals surface area contributed by atoms with Crippen molar-refractivity contribution in [2.45, 2.75) is 6.04 Å². The molecule has 2 aliphatic heterocycles. The number of methoxy groups -OCH3 is 1. The lowest BCUT2D eigenvalue weighted by molar-refractivity contribution is -0.117. The summed E-state index contributed by atoms with van der Waals surface area (Å²) in [6.07, 6.45) is 0. The van der Waals surface area contributed by atoms with Crippen molar-refractivity contribution in [3.63, 3.8) is 0 Å². The van der Waals surface area contributed by atoms with Crippen molar-refractivity contribution in [2.24, 2.45) is 0 Å². The number of carbonyl (C=O) groups excluding carboxylic acids is 2. The molecule has 3 aromatic carbocycles. The first-order valence-corrected chi connectivity index (χ1v) is 11.4. The number of nitrogens with zero attached hydrogens (tertiary/aromatic N) is 1. The highest BCUT2D eigenvalue weighted by atomic mass is 16.6. The number of amides is 1. The monoisotopic (exact) mass is 483 g/mol. The first-order chi connectivity index (χ1) is 17.5. The first-order valence-electron chi connectivity index (χ1n) is 11.4. The molecule has 1 atom stereocenters. The quantitative estimate of drug-likeness (QED) is 0.399. The van der Waals surface area contributed by atoms with Crippen LogP contribution in [0, 0.1) is 0 Å². The highest BCUT2D eigenvalue weighted by molar-refractivity contribution is 6.20. The van der Waals surface area contributed by atoms with Gasteiger partial charge >= 0.3 is 0 Å². The molecule has 1 aromatic heterocycles. The van der Waals surface area contributed by atoms with Crippen LogP contribution in [-0.2, 0) is 4.79 Å². The summed E-state index contributed by atoms with van der Waals surface area (Å²) < 4.78 is 22.4. The van der Waals surface area contributed by atoms with E-state index in [2.05, 4.69) is 0 Å². The Morgan fingerprint density at radius 3 is 2.47 bits per heavy atom. The smallest absolute Gasteiger partial charge is 0.294 e. The second-order valence-corrected chi connectivity index (χ2v) is 8.42.